The summed E-state index contributed by atoms with van der Waals surface area (Å²) in [5, 5.41) is 4.08. The highest BCUT2D eigenvalue weighted by molar-refractivity contribution is 6.35. The van der Waals surface area contributed by atoms with Gasteiger partial charge in [-0.3, -0.25) is 0 Å². The predicted molar refractivity (Wildman–Crippen MR) is 82.2 cm³/mol. The molecule has 4 nitrogen and oxygen atoms in total. The lowest BCUT2D eigenvalue weighted by Gasteiger charge is -2.13. The van der Waals surface area contributed by atoms with E-state index in [2.05, 4.69) is 15.3 Å². The summed E-state index contributed by atoms with van der Waals surface area (Å²) in [6.45, 7) is 6.48. The van der Waals surface area contributed by atoms with Crippen LogP contribution >= 0.6 is 23.2 Å². The molecule has 106 valence electrons. The number of ether oxygens (including phenoxy) is 1. The van der Waals surface area contributed by atoms with Crippen molar-refractivity contribution < 1.29 is 4.74 Å². The number of benzene rings is 1. The van der Waals surface area contributed by atoms with E-state index in [-0.39, 0.29) is 0 Å². The number of nitrogens with zero attached hydrogens (tertiary/aromatic N) is 2. The third kappa shape index (κ3) is 3.32. The van der Waals surface area contributed by atoms with Crippen molar-refractivity contribution in [3.63, 3.8) is 0 Å². The van der Waals surface area contributed by atoms with Crippen molar-refractivity contribution in [1.29, 1.82) is 0 Å². The van der Waals surface area contributed by atoms with Gasteiger partial charge in [-0.2, -0.15) is 4.98 Å². The normalized spacial score (nSPS) is 10.4. The topological polar surface area (TPSA) is 47.0 Å². The third-order valence-electron chi connectivity index (χ3n) is 2.65. The van der Waals surface area contributed by atoms with Crippen LogP contribution in [-0.4, -0.2) is 16.5 Å². The molecule has 0 spiro atoms. The van der Waals surface area contributed by atoms with Crippen LogP contribution in [0, 0.1) is 13.8 Å². The van der Waals surface area contributed by atoms with E-state index in [0.717, 1.165) is 17.7 Å². The maximum Gasteiger partial charge on any atom is 0.227 e. The van der Waals surface area contributed by atoms with E-state index in [1.165, 1.54) is 0 Å². The zero-order chi connectivity index (χ0) is 14.7. The van der Waals surface area contributed by atoms with Gasteiger partial charge in [0, 0.05) is 23.3 Å². The Hall–Kier alpha value is -1.52. The first-order chi connectivity index (χ1) is 9.51. The molecule has 6 heteroatoms. The first kappa shape index (κ1) is 14.9. The fourth-order valence-electron chi connectivity index (χ4n) is 1.69. The molecule has 2 rings (SSSR count). The van der Waals surface area contributed by atoms with Crippen LogP contribution in [0.15, 0.2) is 18.3 Å². The highest BCUT2D eigenvalue weighted by Crippen LogP contribution is 2.35. The fraction of sp³-hybridized carbons (Fsp3) is 0.286. The lowest BCUT2D eigenvalue weighted by atomic mass is 10.2. The van der Waals surface area contributed by atoms with E-state index in [4.69, 9.17) is 27.9 Å². The molecule has 0 radical (unpaired) electrons. The summed E-state index contributed by atoms with van der Waals surface area (Å²) in [6.07, 6.45) is 1.71. The number of hydrogen-bond acceptors (Lipinski definition) is 4. The van der Waals surface area contributed by atoms with Gasteiger partial charge < -0.3 is 10.1 Å². The van der Waals surface area contributed by atoms with Crippen LogP contribution in [0.1, 0.15) is 18.1 Å². The largest absolute Gasteiger partial charge is 0.437 e. The van der Waals surface area contributed by atoms with Crippen molar-refractivity contribution in [1.82, 2.24) is 9.97 Å². The van der Waals surface area contributed by atoms with Crippen LogP contribution in [0.3, 0.4) is 0 Å². The van der Waals surface area contributed by atoms with Crippen molar-refractivity contribution >= 4 is 29.2 Å². The Kier molecular flexibility index (Phi) is 4.68. The minimum atomic E-state index is 0.456. The second-order valence-electron chi connectivity index (χ2n) is 4.35. The van der Waals surface area contributed by atoms with Crippen molar-refractivity contribution in [2.24, 2.45) is 0 Å². The van der Waals surface area contributed by atoms with Crippen molar-refractivity contribution in [3.05, 3.63) is 39.5 Å². The molecule has 1 aromatic heterocycles. The monoisotopic (exact) mass is 311 g/mol. The van der Waals surface area contributed by atoms with E-state index >= 15 is 0 Å². The van der Waals surface area contributed by atoms with Crippen molar-refractivity contribution in [2.45, 2.75) is 20.8 Å². The first-order valence-corrected chi connectivity index (χ1v) is 6.98. The third-order valence-corrected chi connectivity index (χ3v) is 3.15. The minimum absolute atomic E-state index is 0.456. The average Bonchev–Trinajstić information content (AvgIpc) is 2.37. The lowest BCUT2D eigenvalue weighted by Crippen LogP contribution is -2.04. The van der Waals surface area contributed by atoms with Gasteiger partial charge in [0.1, 0.15) is 0 Å². The molecule has 0 aliphatic carbocycles. The van der Waals surface area contributed by atoms with E-state index in [1.54, 1.807) is 18.3 Å². The molecule has 0 aliphatic heterocycles. The number of anilines is 1. The Balaban J connectivity index is 2.37. The van der Waals surface area contributed by atoms with E-state index < -0.39 is 0 Å². The standard InChI is InChI=1S/C14H15Cl2N3O/c1-4-17-14-18-7-9(3)13(19-14)20-12-8(2)5-10(15)6-11(12)16/h5-7H,4H2,1-3H3,(H,17,18,19). The maximum absolute atomic E-state index is 6.17. The Morgan fingerprint density at radius 1 is 1.20 bits per heavy atom. The summed E-state index contributed by atoms with van der Waals surface area (Å²) in [6, 6.07) is 3.44. The van der Waals surface area contributed by atoms with Gasteiger partial charge in [-0.05, 0) is 38.5 Å². The molecule has 0 saturated heterocycles. The van der Waals surface area contributed by atoms with Gasteiger partial charge in [-0.1, -0.05) is 23.2 Å². The summed E-state index contributed by atoms with van der Waals surface area (Å²) < 4.78 is 5.83. The van der Waals surface area contributed by atoms with Gasteiger partial charge in [0.15, 0.2) is 5.75 Å². The number of nitrogens with one attached hydrogen (secondary N) is 1. The molecule has 0 saturated carbocycles. The van der Waals surface area contributed by atoms with Crippen LogP contribution in [-0.2, 0) is 0 Å². The molecule has 0 atom stereocenters. The predicted octanol–water partition coefficient (Wildman–Crippen LogP) is 4.62. The highest BCUT2D eigenvalue weighted by atomic mass is 35.5. The molecule has 0 unspecified atom stereocenters. The molecule has 2 aromatic rings. The van der Waals surface area contributed by atoms with Gasteiger partial charge in [0.05, 0.1) is 5.02 Å². The fourth-order valence-corrected chi connectivity index (χ4v) is 2.32. The molecule has 1 N–H and O–H groups in total. The molecule has 0 bridgehead atoms. The van der Waals surface area contributed by atoms with Crippen LogP contribution in [0.5, 0.6) is 11.6 Å². The Labute approximate surface area is 128 Å². The van der Waals surface area contributed by atoms with Crippen LogP contribution in [0.2, 0.25) is 10.0 Å². The van der Waals surface area contributed by atoms with Gasteiger partial charge in [0.2, 0.25) is 11.8 Å². The van der Waals surface area contributed by atoms with Gasteiger partial charge in [-0.25, -0.2) is 4.98 Å². The van der Waals surface area contributed by atoms with Gasteiger partial charge >= 0.3 is 0 Å². The zero-order valence-electron chi connectivity index (χ0n) is 11.5. The maximum atomic E-state index is 6.17. The first-order valence-electron chi connectivity index (χ1n) is 6.22. The molecule has 0 amide bonds. The number of halogens is 2. The zero-order valence-corrected chi connectivity index (χ0v) is 13.0. The molecular weight excluding hydrogens is 297 g/mol. The molecule has 20 heavy (non-hydrogen) atoms. The number of aryl methyl sites for hydroxylation is 2. The van der Waals surface area contributed by atoms with Crippen LogP contribution in [0.25, 0.3) is 0 Å². The van der Waals surface area contributed by atoms with Gasteiger partial charge in [-0.15, -0.1) is 0 Å². The summed E-state index contributed by atoms with van der Waals surface area (Å²) in [5.41, 5.74) is 1.68. The smallest absolute Gasteiger partial charge is 0.227 e. The lowest BCUT2D eigenvalue weighted by molar-refractivity contribution is 0.455. The Bertz CT molecular complexity index is 609. The summed E-state index contributed by atoms with van der Waals surface area (Å²) in [7, 11) is 0. The van der Waals surface area contributed by atoms with Gasteiger partial charge in [0.25, 0.3) is 0 Å². The Morgan fingerprint density at radius 2 is 1.95 bits per heavy atom. The number of rotatable bonds is 4. The highest BCUT2D eigenvalue weighted by Gasteiger charge is 2.12. The molecule has 0 aliphatic rings. The summed E-state index contributed by atoms with van der Waals surface area (Å²) >= 11 is 12.1. The Morgan fingerprint density at radius 3 is 2.60 bits per heavy atom. The quantitative estimate of drug-likeness (QED) is 0.894. The van der Waals surface area contributed by atoms with Crippen LogP contribution < -0.4 is 10.1 Å². The van der Waals surface area contributed by atoms with Crippen molar-refractivity contribution in [3.8, 4) is 11.6 Å². The average molecular weight is 312 g/mol. The number of aromatic nitrogens is 2. The SMILES string of the molecule is CCNc1ncc(C)c(Oc2c(C)cc(Cl)cc2Cl)n1. The van der Waals surface area contributed by atoms with E-state index in [1.807, 2.05) is 20.8 Å². The second kappa shape index (κ2) is 6.29. The number of hydrogen-bond donors (Lipinski definition) is 1. The molecule has 1 heterocycles. The van der Waals surface area contributed by atoms with E-state index in [0.29, 0.717) is 27.6 Å². The van der Waals surface area contributed by atoms with Crippen molar-refractivity contribution in [2.75, 3.05) is 11.9 Å². The summed E-state index contributed by atoms with van der Waals surface area (Å²) in [4.78, 5) is 8.50. The molecule has 0 fully saturated rings. The molecular formula is C14H15Cl2N3O. The second-order valence-corrected chi connectivity index (χ2v) is 5.19. The van der Waals surface area contributed by atoms with Crippen LogP contribution in [0.4, 0.5) is 5.95 Å². The summed E-state index contributed by atoms with van der Waals surface area (Å²) in [5.74, 6) is 1.56. The minimum Gasteiger partial charge on any atom is -0.437 e. The molecule has 1 aromatic carbocycles. The van der Waals surface area contributed by atoms with E-state index in [9.17, 15) is 0 Å².